The Morgan fingerprint density at radius 1 is 1.55 bits per heavy atom. The molecule has 1 fully saturated rings. The van der Waals surface area contributed by atoms with Crippen LogP contribution < -0.4 is 16.6 Å². The summed E-state index contributed by atoms with van der Waals surface area (Å²) >= 11 is 0. The molecule has 0 bridgehead atoms. The van der Waals surface area contributed by atoms with Crippen LogP contribution in [0.5, 0.6) is 0 Å². The summed E-state index contributed by atoms with van der Waals surface area (Å²) in [6, 6.07) is 0.142. The number of nitrogens with zero attached hydrogens (tertiary/aromatic N) is 4. The molecule has 20 heavy (non-hydrogen) atoms. The van der Waals surface area contributed by atoms with Crippen LogP contribution in [0.4, 0.5) is 17.3 Å². The van der Waals surface area contributed by atoms with Crippen LogP contribution in [0.3, 0.4) is 0 Å². The zero-order chi connectivity index (χ0) is 14.5. The van der Waals surface area contributed by atoms with Crippen LogP contribution >= 0.6 is 0 Å². The predicted molar refractivity (Wildman–Crippen MR) is 75.3 cm³/mol. The fourth-order valence-corrected chi connectivity index (χ4v) is 2.42. The number of aromatic nitrogens is 2. The first kappa shape index (κ1) is 14.4. The van der Waals surface area contributed by atoms with E-state index in [1.54, 1.807) is 0 Å². The molecule has 1 unspecified atom stereocenters. The second kappa shape index (κ2) is 6.44. The van der Waals surface area contributed by atoms with E-state index < -0.39 is 4.92 Å². The van der Waals surface area contributed by atoms with Crippen molar-refractivity contribution in [3.63, 3.8) is 0 Å². The van der Waals surface area contributed by atoms with Crippen molar-refractivity contribution >= 4 is 17.3 Å². The zero-order valence-electron chi connectivity index (χ0n) is 11.4. The van der Waals surface area contributed by atoms with Crippen LogP contribution in [0.1, 0.15) is 19.8 Å². The second-order valence-corrected chi connectivity index (χ2v) is 4.70. The molecular formula is C11H19N7O2. The Hall–Kier alpha value is -2.00. The number of hydrogen-bond donors (Lipinski definition) is 3. The Morgan fingerprint density at radius 3 is 2.95 bits per heavy atom. The number of hydrogen-bond acceptors (Lipinski definition) is 8. The number of nitro groups is 1. The van der Waals surface area contributed by atoms with Crippen LogP contribution in [-0.2, 0) is 0 Å². The number of piperidine rings is 1. The van der Waals surface area contributed by atoms with Crippen molar-refractivity contribution in [3.8, 4) is 0 Å². The van der Waals surface area contributed by atoms with Gasteiger partial charge in [0.25, 0.3) is 0 Å². The first-order chi connectivity index (χ1) is 9.65. The monoisotopic (exact) mass is 281 g/mol. The van der Waals surface area contributed by atoms with Gasteiger partial charge in [-0.25, -0.2) is 15.8 Å². The molecule has 2 rings (SSSR count). The Balaban J connectivity index is 2.18. The van der Waals surface area contributed by atoms with Crippen LogP contribution in [0.15, 0.2) is 6.33 Å². The van der Waals surface area contributed by atoms with Crippen molar-refractivity contribution < 1.29 is 4.92 Å². The summed E-state index contributed by atoms with van der Waals surface area (Å²) < 4.78 is 0. The maximum absolute atomic E-state index is 11.1. The highest BCUT2D eigenvalue weighted by atomic mass is 16.6. The molecule has 0 amide bonds. The van der Waals surface area contributed by atoms with Gasteiger partial charge in [-0.15, -0.1) is 0 Å². The minimum atomic E-state index is -0.530. The molecule has 1 aromatic rings. The van der Waals surface area contributed by atoms with E-state index in [1.165, 1.54) is 6.33 Å². The lowest BCUT2D eigenvalue weighted by atomic mass is 10.1. The van der Waals surface area contributed by atoms with Gasteiger partial charge in [-0.2, -0.15) is 0 Å². The normalized spacial score (nSPS) is 19.6. The Bertz CT molecular complexity index is 482. The van der Waals surface area contributed by atoms with Gasteiger partial charge in [-0.1, -0.05) is 6.92 Å². The van der Waals surface area contributed by atoms with Gasteiger partial charge in [0.15, 0.2) is 0 Å². The first-order valence-electron chi connectivity index (χ1n) is 6.60. The molecule has 1 saturated heterocycles. The van der Waals surface area contributed by atoms with Crippen molar-refractivity contribution in [1.82, 2.24) is 14.9 Å². The molecule has 0 aliphatic carbocycles. The van der Waals surface area contributed by atoms with Gasteiger partial charge in [0.2, 0.25) is 11.6 Å². The van der Waals surface area contributed by atoms with Gasteiger partial charge >= 0.3 is 5.69 Å². The number of likely N-dealkylation sites (tertiary alicyclic amines) is 1. The van der Waals surface area contributed by atoms with Crippen LogP contribution in [0.2, 0.25) is 0 Å². The number of nitrogens with two attached hydrogens (primary N) is 1. The Kier molecular flexibility index (Phi) is 4.64. The molecule has 4 N–H and O–H groups in total. The van der Waals surface area contributed by atoms with E-state index in [1.807, 2.05) is 0 Å². The van der Waals surface area contributed by atoms with Gasteiger partial charge in [0.05, 0.1) is 4.92 Å². The van der Waals surface area contributed by atoms with E-state index in [9.17, 15) is 10.1 Å². The number of likely N-dealkylation sites (N-methyl/N-ethyl adjacent to an activating group) is 1. The lowest BCUT2D eigenvalue weighted by Gasteiger charge is -2.32. The Labute approximate surface area is 116 Å². The minimum absolute atomic E-state index is 0.00987. The van der Waals surface area contributed by atoms with Crippen molar-refractivity contribution in [3.05, 3.63) is 16.4 Å². The number of nitrogens with one attached hydrogen (secondary N) is 2. The fraction of sp³-hybridized carbons (Fsp3) is 0.636. The third-order valence-electron chi connectivity index (χ3n) is 3.44. The summed E-state index contributed by atoms with van der Waals surface area (Å²) in [4.78, 5) is 20.7. The molecule has 0 radical (unpaired) electrons. The molecule has 110 valence electrons. The summed E-state index contributed by atoms with van der Waals surface area (Å²) in [7, 11) is 0. The van der Waals surface area contributed by atoms with Crippen LogP contribution in [0, 0.1) is 10.1 Å². The van der Waals surface area contributed by atoms with Crippen molar-refractivity contribution in [2.24, 2.45) is 5.84 Å². The van der Waals surface area contributed by atoms with Crippen LogP contribution in [0.25, 0.3) is 0 Å². The lowest BCUT2D eigenvalue weighted by Crippen LogP contribution is -2.42. The molecule has 1 aromatic heterocycles. The fourth-order valence-electron chi connectivity index (χ4n) is 2.42. The summed E-state index contributed by atoms with van der Waals surface area (Å²) in [5, 5.41) is 14.3. The summed E-state index contributed by atoms with van der Waals surface area (Å²) in [6.45, 7) is 4.99. The van der Waals surface area contributed by atoms with Gasteiger partial charge in [-0.3, -0.25) is 10.1 Å². The predicted octanol–water partition coefficient (Wildman–Crippen LogP) is 0.567. The summed E-state index contributed by atoms with van der Waals surface area (Å²) in [5.74, 6) is 5.47. The summed E-state index contributed by atoms with van der Waals surface area (Å²) in [6.07, 6.45) is 3.28. The smallest absolute Gasteiger partial charge is 0.354 e. The third-order valence-corrected chi connectivity index (χ3v) is 3.44. The minimum Gasteiger partial charge on any atom is -0.360 e. The summed E-state index contributed by atoms with van der Waals surface area (Å²) in [5.41, 5.74) is 2.01. The standard InChI is InChI=1S/C11H19N7O2/c1-2-17-5-3-4-8(6-17)15-10-9(18(19)20)11(16-12)14-7-13-10/h7-8H,2-6,12H2,1H3,(H2,13,14,15,16). The number of nitrogen functional groups attached to an aromatic ring is 1. The largest absolute Gasteiger partial charge is 0.360 e. The van der Waals surface area contributed by atoms with Crippen LogP contribution in [-0.4, -0.2) is 45.5 Å². The molecule has 0 saturated carbocycles. The van der Waals surface area contributed by atoms with Gasteiger partial charge in [-0.05, 0) is 25.9 Å². The second-order valence-electron chi connectivity index (χ2n) is 4.70. The highest BCUT2D eigenvalue weighted by Crippen LogP contribution is 2.29. The van der Waals surface area contributed by atoms with E-state index in [0.29, 0.717) is 0 Å². The van der Waals surface area contributed by atoms with Gasteiger partial charge < -0.3 is 15.6 Å². The maximum atomic E-state index is 11.1. The van der Waals surface area contributed by atoms with E-state index in [0.717, 1.165) is 32.5 Å². The van der Waals surface area contributed by atoms with E-state index >= 15 is 0 Å². The Morgan fingerprint density at radius 2 is 2.30 bits per heavy atom. The highest BCUT2D eigenvalue weighted by molar-refractivity contribution is 5.69. The molecule has 1 atom stereocenters. The number of rotatable bonds is 5. The molecule has 0 spiro atoms. The average Bonchev–Trinajstić information content (AvgIpc) is 2.46. The third kappa shape index (κ3) is 3.11. The van der Waals surface area contributed by atoms with Crippen molar-refractivity contribution in [2.45, 2.75) is 25.8 Å². The number of hydrazine groups is 1. The lowest BCUT2D eigenvalue weighted by molar-refractivity contribution is -0.383. The molecule has 1 aliphatic heterocycles. The molecule has 2 heterocycles. The first-order valence-corrected chi connectivity index (χ1v) is 6.60. The maximum Gasteiger partial charge on any atom is 0.354 e. The SMILES string of the molecule is CCN1CCCC(Nc2ncnc(NN)c2[N+](=O)[O-])C1. The highest BCUT2D eigenvalue weighted by Gasteiger charge is 2.26. The zero-order valence-corrected chi connectivity index (χ0v) is 11.4. The van der Waals surface area contributed by atoms with Gasteiger partial charge in [0.1, 0.15) is 6.33 Å². The van der Waals surface area contributed by atoms with Crippen molar-refractivity contribution in [1.29, 1.82) is 0 Å². The van der Waals surface area contributed by atoms with E-state index in [4.69, 9.17) is 5.84 Å². The van der Waals surface area contributed by atoms with Gasteiger partial charge in [0, 0.05) is 12.6 Å². The molecular weight excluding hydrogens is 262 g/mol. The molecule has 1 aliphatic rings. The van der Waals surface area contributed by atoms with E-state index in [-0.39, 0.29) is 23.4 Å². The molecule has 9 heteroatoms. The average molecular weight is 281 g/mol. The number of anilines is 2. The molecule has 0 aromatic carbocycles. The molecule has 9 nitrogen and oxygen atoms in total. The van der Waals surface area contributed by atoms with E-state index in [2.05, 4.69) is 32.5 Å². The quantitative estimate of drug-likeness (QED) is 0.406. The van der Waals surface area contributed by atoms with Crippen molar-refractivity contribution in [2.75, 3.05) is 30.4 Å². The topological polar surface area (TPSA) is 122 Å².